The maximum atomic E-state index is 13.5. The van der Waals surface area contributed by atoms with Gasteiger partial charge in [-0.15, -0.1) is 0 Å². The molecular weight excluding hydrogens is 296 g/mol. The molecule has 0 amide bonds. The van der Waals surface area contributed by atoms with Crippen molar-refractivity contribution in [3.63, 3.8) is 0 Å². The van der Waals surface area contributed by atoms with E-state index in [0.717, 1.165) is 18.2 Å². The van der Waals surface area contributed by atoms with Crippen molar-refractivity contribution in [2.45, 2.75) is 4.90 Å². The monoisotopic (exact) mass is 305 g/mol. The van der Waals surface area contributed by atoms with Gasteiger partial charge in [0.1, 0.15) is 22.6 Å². The van der Waals surface area contributed by atoms with Crippen LogP contribution >= 0.6 is 0 Å². The van der Waals surface area contributed by atoms with Crippen LogP contribution in [0.15, 0.2) is 58.3 Å². The number of nitrogens with zero attached hydrogens (tertiary/aromatic N) is 1. The van der Waals surface area contributed by atoms with Gasteiger partial charge in [-0.25, -0.2) is 17.2 Å². The molecule has 3 nitrogen and oxygen atoms in total. The summed E-state index contributed by atoms with van der Waals surface area (Å²) in [6.45, 7) is 0. The van der Waals surface area contributed by atoms with Crippen LogP contribution in [0.3, 0.4) is 0 Å². The first-order valence-electron chi connectivity index (χ1n) is 5.82. The third-order valence-corrected chi connectivity index (χ3v) is 4.38. The first kappa shape index (κ1) is 14.9. The molecule has 0 aliphatic carbocycles. The molecular formula is C15H9F2NO2S. The first-order valence-corrected chi connectivity index (χ1v) is 7.30. The predicted molar refractivity (Wildman–Crippen MR) is 73.6 cm³/mol. The van der Waals surface area contributed by atoms with Crippen molar-refractivity contribution in [1.82, 2.24) is 0 Å². The fourth-order valence-corrected chi connectivity index (χ4v) is 2.83. The molecule has 0 unspecified atom stereocenters. The lowest BCUT2D eigenvalue weighted by Crippen LogP contribution is -2.03. The van der Waals surface area contributed by atoms with Crippen LogP contribution in [-0.4, -0.2) is 8.42 Å². The first-order chi connectivity index (χ1) is 9.95. The van der Waals surface area contributed by atoms with Gasteiger partial charge in [0, 0.05) is 11.6 Å². The summed E-state index contributed by atoms with van der Waals surface area (Å²) in [4.78, 5) is -0.681. The van der Waals surface area contributed by atoms with Crippen molar-refractivity contribution < 1.29 is 17.2 Å². The normalized spacial score (nSPS) is 12.0. The highest BCUT2D eigenvalue weighted by molar-refractivity contribution is 7.95. The number of rotatable bonds is 3. The van der Waals surface area contributed by atoms with Gasteiger partial charge in [0.25, 0.3) is 0 Å². The summed E-state index contributed by atoms with van der Waals surface area (Å²) in [6, 6.07) is 11.6. The van der Waals surface area contributed by atoms with E-state index in [1.165, 1.54) is 24.3 Å². The van der Waals surface area contributed by atoms with E-state index >= 15 is 0 Å². The van der Waals surface area contributed by atoms with Crippen LogP contribution in [0.1, 0.15) is 5.56 Å². The number of hydrogen-bond donors (Lipinski definition) is 0. The highest BCUT2D eigenvalue weighted by atomic mass is 32.2. The third-order valence-electron chi connectivity index (χ3n) is 2.70. The van der Waals surface area contributed by atoms with Crippen LogP contribution < -0.4 is 0 Å². The van der Waals surface area contributed by atoms with Crippen LogP contribution in [-0.2, 0) is 9.84 Å². The Morgan fingerprint density at radius 1 is 1.10 bits per heavy atom. The molecule has 6 heteroatoms. The summed E-state index contributed by atoms with van der Waals surface area (Å²) in [5.74, 6) is -1.72. The van der Waals surface area contributed by atoms with E-state index < -0.39 is 26.4 Å². The third kappa shape index (κ3) is 3.15. The summed E-state index contributed by atoms with van der Waals surface area (Å²) in [5.41, 5.74) is -0.174. The molecule has 2 aromatic rings. The SMILES string of the molecule is N#CC(=Cc1ccc(F)cc1F)S(=O)(=O)c1ccccc1. The van der Waals surface area contributed by atoms with Gasteiger partial charge in [0.2, 0.25) is 9.84 Å². The highest BCUT2D eigenvalue weighted by Crippen LogP contribution is 2.22. The lowest BCUT2D eigenvalue weighted by molar-refractivity contribution is 0.581. The van der Waals surface area contributed by atoms with E-state index in [1.54, 1.807) is 12.1 Å². The Morgan fingerprint density at radius 3 is 2.33 bits per heavy atom. The molecule has 0 fully saturated rings. The van der Waals surface area contributed by atoms with E-state index in [1.807, 2.05) is 0 Å². The van der Waals surface area contributed by atoms with Gasteiger partial charge < -0.3 is 0 Å². The van der Waals surface area contributed by atoms with Gasteiger partial charge in [-0.05, 0) is 30.3 Å². The van der Waals surface area contributed by atoms with Gasteiger partial charge in [0.05, 0.1) is 4.90 Å². The van der Waals surface area contributed by atoms with Crippen LogP contribution in [0, 0.1) is 23.0 Å². The van der Waals surface area contributed by atoms with Crippen molar-refractivity contribution in [2.75, 3.05) is 0 Å². The number of allylic oxidation sites excluding steroid dienone is 1. The Morgan fingerprint density at radius 2 is 1.76 bits per heavy atom. The minimum atomic E-state index is -4.04. The lowest BCUT2D eigenvalue weighted by Gasteiger charge is -2.03. The summed E-state index contributed by atoms with van der Waals surface area (Å²) in [5, 5.41) is 9.04. The number of benzene rings is 2. The Bertz CT molecular complexity index is 838. The molecule has 0 aromatic heterocycles. The molecule has 0 atom stereocenters. The maximum absolute atomic E-state index is 13.5. The van der Waals surface area contributed by atoms with Crippen molar-refractivity contribution in [3.8, 4) is 6.07 Å². The molecule has 0 saturated heterocycles. The molecule has 0 heterocycles. The summed E-state index contributed by atoms with van der Waals surface area (Å²) >= 11 is 0. The zero-order valence-electron chi connectivity index (χ0n) is 10.6. The molecule has 0 radical (unpaired) electrons. The maximum Gasteiger partial charge on any atom is 0.216 e. The Balaban J connectivity index is 2.54. The fraction of sp³-hybridized carbons (Fsp3) is 0. The Labute approximate surface area is 120 Å². The second kappa shape index (κ2) is 5.85. The van der Waals surface area contributed by atoms with Crippen molar-refractivity contribution in [1.29, 1.82) is 5.26 Å². The lowest BCUT2D eigenvalue weighted by atomic mass is 10.2. The van der Waals surface area contributed by atoms with Crippen LogP contribution in [0.2, 0.25) is 0 Å². The van der Waals surface area contributed by atoms with Crippen molar-refractivity contribution in [2.24, 2.45) is 0 Å². The van der Waals surface area contributed by atoms with E-state index in [9.17, 15) is 17.2 Å². The molecule has 106 valence electrons. The zero-order chi connectivity index (χ0) is 15.5. The standard InChI is InChI=1S/C15H9F2NO2S/c16-12-7-6-11(15(17)9-12)8-14(10-18)21(19,20)13-4-2-1-3-5-13/h1-9H. The Kier molecular flexibility index (Phi) is 4.15. The molecule has 0 aliphatic heterocycles. The molecule has 2 aromatic carbocycles. The van der Waals surface area contributed by atoms with E-state index in [-0.39, 0.29) is 10.5 Å². The highest BCUT2D eigenvalue weighted by Gasteiger charge is 2.20. The van der Waals surface area contributed by atoms with Gasteiger partial charge in [-0.1, -0.05) is 18.2 Å². The van der Waals surface area contributed by atoms with E-state index in [2.05, 4.69) is 0 Å². The van der Waals surface area contributed by atoms with E-state index in [4.69, 9.17) is 5.26 Å². The average Bonchev–Trinajstić information content (AvgIpc) is 2.47. The second-order valence-corrected chi connectivity index (χ2v) is 6.02. The molecule has 0 saturated carbocycles. The minimum Gasteiger partial charge on any atom is -0.218 e. The van der Waals surface area contributed by atoms with Crippen molar-refractivity contribution >= 4 is 15.9 Å². The largest absolute Gasteiger partial charge is 0.218 e. The summed E-state index contributed by atoms with van der Waals surface area (Å²) < 4.78 is 50.9. The minimum absolute atomic E-state index is 0.0691. The molecule has 2 rings (SSSR count). The molecule has 0 N–H and O–H groups in total. The van der Waals surface area contributed by atoms with Crippen LogP contribution in [0.5, 0.6) is 0 Å². The quantitative estimate of drug-likeness (QED) is 0.817. The molecule has 0 bridgehead atoms. The topological polar surface area (TPSA) is 57.9 Å². The average molecular weight is 305 g/mol. The zero-order valence-corrected chi connectivity index (χ0v) is 11.4. The number of sulfone groups is 1. The number of halogens is 2. The molecule has 21 heavy (non-hydrogen) atoms. The summed E-state index contributed by atoms with van der Waals surface area (Å²) in [7, 11) is -4.04. The smallest absolute Gasteiger partial charge is 0.216 e. The van der Waals surface area contributed by atoms with Gasteiger partial charge >= 0.3 is 0 Å². The fourth-order valence-electron chi connectivity index (χ4n) is 1.66. The van der Waals surface area contributed by atoms with Gasteiger partial charge in [-0.2, -0.15) is 5.26 Å². The predicted octanol–water partition coefficient (Wildman–Crippen LogP) is 3.30. The molecule has 0 aliphatic rings. The van der Waals surface area contributed by atoms with E-state index in [0.29, 0.717) is 6.07 Å². The van der Waals surface area contributed by atoms with Crippen LogP contribution in [0.25, 0.3) is 6.08 Å². The number of nitriles is 1. The Hall–Kier alpha value is -2.52. The summed E-state index contributed by atoms with van der Waals surface area (Å²) in [6.07, 6.45) is 0.886. The van der Waals surface area contributed by atoms with Gasteiger partial charge in [-0.3, -0.25) is 0 Å². The van der Waals surface area contributed by atoms with Crippen molar-refractivity contribution in [3.05, 3.63) is 70.6 Å². The van der Waals surface area contributed by atoms with Gasteiger partial charge in [0.15, 0.2) is 0 Å². The second-order valence-electron chi connectivity index (χ2n) is 4.10. The molecule has 0 spiro atoms. The number of hydrogen-bond acceptors (Lipinski definition) is 3. The van der Waals surface area contributed by atoms with Crippen LogP contribution in [0.4, 0.5) is 8.78 Å².